The quantitative estimate of drug-likeness (QED) is 0.629. The van der Waals surface area contributed by atoms with Crippen LogP contribution in [0.4, 0.5) is 0 Å². The second kappa shape index (κ2) is 9.78. The summed E-state index contributed by atoms with van der Waals surface area (Å²) in [6, 6.07) is 10.0. The highest BCUT2D eigenvalue weighted by Crippen LogP contribution is 2.27. The van der Waals surface area contributed by atoms with Gasteiger partial charge < -0.3 is 14.8 Å². The van der Waals surface area contributed by atoms with Crippen molar-refractivity contribution in [2.75, 3.05) is 33.4 Å². The Morgan fingerprint density at radius 2 is 1.85 bits per heavy atom. The van der Waals surface area contributed by atoms with Gasteiger partial charge in [0, 0.05) is 20.2 Å². The Hall–Kier alpha value is -1.06. The third kappa shape index (κ3) is 6.92. The number of para-hydroxylation sites is 1. The van der Waals surface area contributed by atoms with Gasteiger partial charge in [0.1, 0.15) is 5.75 Å². The fourth-order valence-electron chi connectivity index (χ4n) is 2.40. The molecule has 1 unspecified atom stereocenters. The molecule has 0 saturated heterocycles. The van der Waals surface area contributed by atoms with Gasteiger partial charge in [0.15, 0.2) is 0 Å². The SMILES string of the molecule is CCCC(C)(CCOc1ccccc1)CNCCOC. The van der Waals surface area contributed by atoms with E-state index < -0.39 is 0 Å². The number of rotatable bonds is 11. The first-order valence-electron chi connectivity index (χ1n) is 7.58. The molecule has 1 N–H and O–H groups in total. The molecule has 1 rings (SSSR count). The number of nitrogens with one attached hydrogen (secondary N) is 1. The van der Waals surface area contributed by atoms with Gasteiger partial charge in [0.25, 0.3) is 0 Å². The van der Waals surface area contributed by atoms with Crippen LogP contribution >= 0.6 is 0 Å². The van der Waals surface area contributed by atoms with Gasteiger partial charge in [0.2, 0.25) is 0 Å². The lowest BCUT2D eigenvalue weighted by molar-refractivity contribution is 0.172. The van der Waals surface area contributed by atoms with E-state index in [1.54, 1.807) is 7.11 Å². The normalized spacial score (nSPS) is 13.9. The van der Waals surface area contributed by atoms with E-state index in [9.17, 15) is 0 Å². The standard InChI is InChI=1S/C17H29NO2/c1-4-10-17(2,15-18-12-14-19-3)11-13-20-16-8-6-5-7-9-16/h5-9,18H,4,10-15H2,1-3H3. The zero-order chi connectivity index (χ0) is 14.7. The van der Waals surface area contributed by atoms with Crippen LogP contribution in [0.2, 0.25) is 0 Å². The Balaban J connectivity index is 2.33. The second-order valence-electron chi connectivity index (χ2n) is 5.64. The van der Waals surface area contributed by atoms with Gasteiger partial charge in [-0.15, -0.1) is 0 Å². The topological polar surface area (TPSA) is 30.5 Å². The lowest BCUT2D eigenvalue weighted by atomic mass is 9.82. The van der Waals surface area contributed by atoms with Crippen molar-refractivity contribution >= 4 is 0 Å². The molecule has 0 fully saturated rings. The van der Waals surface area contributed by atoms with Crippen molar-refractivity contribution in [2.45, 2.75) is 33.1 Å². The van der Waals surface area contributed by atoms with Gasteiger partial charge in [0.05, 0.1) is 13.2 Å². The molecule has 0 aliphatic rings. The Morgan fingerprint density at radius 3 is 2.50 bits per heavy atom. The van der Waals surface area contributed by atoms with E-state index >= 15 is 0 Å². The van der Waals surface area contributed by atoms with Crippen molar-refractivity contribution in [2.24, 2.45) is 5.41 Å². The monoisotopic (exact) mass is 279 g/mol. The summed E-state index contributed by atoms with van der Waals surface area (Å²) in [4.78, 5) is 0. The van der Waals surface area contributed by atoms with Crippen molar-refractivity contribution in [3.63, 3.8) is 0 Å². The van der Waals surface area contributed by atoms with E-state index in [0.29, 0.717) is 0 Å². The van der Waals surface area contributed by atoms with E-state index in [1.165, 1.54) is 12.8 Å². The van der Waals surface area contributed by atoms with Gasteiger partial charge in [-0.3, -0.25) is 0 Å². The summed E-state index contributed by atoms with van der Waals surface area (Å²) in [6.45, 7) is 8.04. The first-order valence-corrected chi connectivity index (χ1v) is 7.58. The summed E-state index contributed by atoms with van der Waals surface area (Å²) in [5.74, 6) is 0.957. The summed E-state index contributed by atoms with van der Waals surface area (Å²) in [6.07, 6.45) is 3.48. The highest BCUT2D eigenvalue weighted by atomic mass is 16.5. The summed E-state index contributed by atoms with van der Waals surface area (Å²) in [5, 5.41) is 3.48. The minimum absolute atomic E-state index is 0.289. The van der Waals surface area contributed by atoms with Gasteiger partial charge in [-0.2, -0.15) is 0 Å². The van der Waals surface area contributed by atoms with E-state index in [-0.39, 0.29) is 5.41 Å². The number of ether oxygens (including phenoxy) is 2. The molecular weight excluding hydrogens is 250 g/mol. The maximum Gasteiger partial charge on any atom is 0.119 e. The van der Waals surface area contributed by atoms with Crippen LogP contribution in [-0.2, 0) is 4.74 Å². The van der Waals surface area contributed by atoms with Crippen LogP contribution in [0.25, 0.3) is 0 Å². The lowest BCUT2D eigenvalue weighted by Gasteiger charge is -2.29. The highest BCUT2D eigenvalue weighted by molar-refractivity contribution is 5.20. The first kappa shape index (κ1) is 17.0. The minimum Gasteiger partial charge on any atom is -0.494 e. The summed E-state index contributed by atoms with van der Waals surface area (Å²) < 4.78 is 10.9. The van der Waals surface area contributed by atoms with Crippen LogP contribution < -0.4 is 10.1 Å². The second-order valence-corrected chi connectivity index (χ2v) is 5.64. The molecule has 1 aromatic carbocycles. The average Bonchev–Trinajstić information content (AvgIpc) is 2.45. The number of hydrogen-bond donors (Lipinski definition) is 1. The zero-order valence-electron chi connectivity index (χ0n) is 13.2. The molecule has 0 radical (unpaired) electrons. The molecule has 3 heteroatoms. The average molecular weight is 279 g/mol. The maximum absolute atomic E-state index is 5.82. The van der Waals surface area contributed by atoms with Crippen LogP contribution in [0, 0.1) is 5.41 Å². The Morgan fingerprint density at radius 1 is 1.10 bits per heavy atom. The molecule has 1 aromatic rings. The van der Waals surface area contributed by atoms with Crippen molar-refractivity contribution in [3.05, 3.63) is 30.3 Å². The fourth-order valence-corrected chi connectivity index (χ4v) is 2.40. The van der Waals surface area contributed by atoms with E-state index in [2.05, 4.69) is 19.2 Å². The fraction of sp³-hybridized carbons (Fsp3) is 0.647. The third-order valence-corrected chi connectivity index (χ3v) is 3.61. The van der Waals surface area contributed by atoms with Crippen molar-refractivity contribution in [1.29, 1.82) is 0 Å². The van der Waals surface area contributed by atoms with Crippen LogP contribution in [0.1, 0.15) is 33.1 Å². The van der Waals surface area contributed by atoms with Gasteiger partial charge in [-0.25, -0.2) is 0 Å². The summed E-state index contributed by atoms with van der Waals surface area (Å²) in [7, 11) is 1.74. The molecular formula is C17H29NO2. The maximum atomic E-state index is 5.82. The van der Waals surface area contributed by atoms with Gasteiger partial charge >= 0.3 is 0 Å². The zero-order valence-corrected chi connectivity index (χ0v) is 13.2. The Bertz CT molecular complexity index is 342. The molecule has 114 valence electrons. The Labute approximate surface area is 123 Å². The highest BCUT2D eigenvalue weighted by Gasteiger charge is 2.22. The van der Waals surface area contributed by atoms with Crippen molar-refractivity contribution < 1.29 is 9.47 Å². The molecule has 0 aliphatic carbocycles. The number of methoxy groups -OCH3 is 1. The summed E-state index contributed by atoms with van der Waals surface area (Å²) >= 11 is 0. The van der Waals surface area contributed by atoms with E-state index in [1.807, 2.05) is 30.3 Å². The molecule has 0 heterocycles. The first-order chi connectivity index (χ1) is 9.70. The van der Waals surface area contributed by atoms with Crippen molar-refractivity contribution in [1.82, 2.24) is 5.32 Å². The van der Waals surface area contributed by atoms with Crippen LogP contribution in [-0.4, -0.2) is 33.4 Å². The minimum atomic E-state index is 0.289. The largest absolute Gasteiger partial charge is 0.494 e. The predicted molar refractivity (Wildman–Crippen MR) is 84.3 cm³/mol. The smallest absolute Gasteiger partial charge is 0.119 e. The number of hydrogen-bond acceptors (Lipinski definition) is 3. The molecule has 3 nitrogen and oxygen atoms in total. The number of benzene rings is 1. The Kier molecular flexibility index (Phi) is 8.31. The van der Waals surface area contributed by atoms with Gasteiger partial charge in [-0.05, 0) is 30.4 Å². The molecule has 0 amide bonds. The lowest BCUT2D eigenvalue weighted by Crippen LogP contribution is -2.34. The van der Waals surface area contributed by atoms with Gasteiger partial charge in [-0.1, -0.05) is 38.5 Å². The molecule has 0 spiro atoms. The van der Waals surface area contributed by atoms with Crippen LogP contribution in [0.5, 0.6) is 5.75 Å². The molecule has 20 heavy (non-hydrogen) atoms. The molecule has 0 aliphatic heterocycles. The third-order valence-electron chi connectivity index (χ3n) is 3.61. The molecule has 0 bridgehead atoms. The van der Waals surface area contributed by atoms with Crippen LogP contribution in [0.15, 0.2) is 30.3 Å². The predicted octanol–water partition coefficient (Wildman–Crippen LogP) is 3.50. The van der Waals surface area contributed by atoms with E-state index in [0.717, 1.165) is 38.5 Å². The van der Waals surface area contributed by atoms with Crippen molar-refractivity contribution in [3.8, 4) is 5.75 Å². The van der Waals surface area contributed by atoms with Crippen LogP contribution in [0.3, 0.4) is 0 Å². The summed E-state index contributed by atoms with van der Waals surface area (Å²) in [5.41, 5.74) is 0.289. The molecule has 0 aromatic heterocycles. The van der Waals surface area contributed by atoms with E-state index in [4.69, 9.17) is 9.47 Å². The molecule has 0 saturated carbocycles. The molecule has 1 atom stereocenters.